The lowest BCUT2D eigenvalue weighted by Crippen LogP contribution is -1.95. The van der Waals surface area contributed by atoms with E-state index >= 15 is 0 Å². The molecule has 0 unspecified atom stereocenters. The van der Waals surface area contributed by atoms with Crippen LogP contribution in [0.5, 0.6) is 0 Å². The van der Waals surface area contributed by atoms with Crippen LogP contribution in [0.3, 0.4) is 0 Å². The topological polar surface area (TPSA) is 26.0 Å². The third-order valence-electron chi connectivity index (χ3n) is 1.38. The molecule has 0 aromatic heterocycles. The van der Waals surface area contributed by atoms with Crippen molar-refractivity contribution in [3.63, 3.8) is 0 Å². The minimum atomic E-state index is 0.524. The average Bonchev–Trinajstić information content (AvgIpc) is 1.95. The average molecular weight is 155 g/mol. The van der Waals surface area contributed by atoms with Crippen molar-refractivity contribution in [3.8, 4) is 0 Å². The van der Waals surface area contributed by atoms with Crippen molar-refractivity contribution in [2.24, 2.45) is 5.73 Å². The van der Waals surface area contributed by atoms with E-state index in [0.717, 1.165) is 16.1 Å². The molecule has 0 heterocycles. The lowest BCUT2D eigenvalue weighted by atomic mass is 10.1. The first-order chi connectivity index (χ1) is 4.74. The zero-order valence-corrected chi connectivity index (χ0v) is 6.57. The van der Waals surface area contributed by atoms with Gasteiger partial charge in [0.25, 0.3) is 0 Å². The lowest BCUT2D eigenvalue weighted by Gasteiger charge is -1.98. The van der Waals surface area contributed by atoms with Crippen LogP contribution in [0.2, 0.25) is 5.02 Å². The second-order valence-corrected chi connectivity index (χ2v) is 2.59. The van der Waals surface area contributed by atoms with Crippen LogP contribution >= 0.6 is 11.6 Å². The molecule has 0 saturated heterocycles. The van der Waals surface area contributed by atoms with Crippen LogP contribution in [0, 0.1) is 13.0 Å². The van der Waals surface area contributed by atoms with Gasteiger partial charge in [0.1, 0.15) is 0 Å². The van der Waals surface area contributed by atoms with E-state index < -0.39 is 0 Å². The van der Waals surface area contributed by atoms with Crippen LogP contribution in [0.4, 0.5) is 0 Å². The molecule has 0 atom stereocenters. The molecule has 1 aromatic rings. The molecule has 53 valence electrons. The first-order valence-corrected chi connectivity index (χ1v) is 3.48. The summed E-state index contributed by atoms with van der Waals surface area (Å²) in [6, 6.07) is 6.74. The van der Waals surface area contributed by atoms with Gasteiger partial charge >= 0.3 is 0 Å². The smallest absolute Gasteiger partial charge is 0.0444 e. The maximum atomic E-state index is 5.81. The molecule has 1 rings (SSSR count). The maximum Gasteiger partial charge on any atom is 0.0444 e. The lowest BCUT2D eigenvalue weighted by molar-refractivity contribution is 1.07. The van der Waals surface area contributed by atoms with Gasteiger partial charge in [0, 0.05) is 11.6 Å². The minimum absolute atomic E-state index is 0.524. The Morgan fingerprint density at radius 2 is 2.40 bits per heavy atom. The zero-order valence-electron chi connectivity index (χ0n) is 5.82. The van der Waals surface area contributed by atoms with E-state index in [1.54, 1.807) is 0 Å². The Balaban J connectivity index is 3.04. The summed E-state index contributed by atoms with van der Waals surface area (Å²) < 4.78 is 0. The molecular weight excluding hydrogens is 146 g/mol. The number of aryl methyl sites for hydroxylation is 1. The highest BCUT2D eigenvalue weighted by Gasteiger charge is 1.94. The fourth-order valence-corrected chi connectivity index (χ4v) is 0.895. The van der Waals surface area contributed by atoms with Crippen LogP contribution in [-0.4, -0.2) is 0 Å². The van der Waals surface area contributed by atoms with E-state index in [2.05, 4.69) is 6.07 Å². The van der Waals surface area contributed by atoms with Gasteiger partial charge in [-0.25, -0.2) is 0 Å². The highest BCUT2D eigenvalue weighted by atomic mass is 35.5. The summed E-state index contributed by atoms with van der Waals surface area (Å²) in [5.41, 5.74) is 7.39. The van der Waals surface area contributed by atoms with Gasteiger partial charge in [0.05, 0.1) is 0 Å². The summed E-state index contributed by atoms with van der Waals surface area (Å²) >= 11 is 5.81. The van der Waals surface area contributed by atoms with Gasteiger partial charge in [-0.3, -0.25) is 0 Å². The molecule has 0 saturated carbocycles. The number of benzene rings is 1. The largest absolute Gasteiger partial charge is 0.326 e. The molecule has 0 amide bonds. The molecule has 1 radical (unpaired) electrons. The molecule has 2 N–H and O–H groups in total. The summed E-state index contributed by atoms with van der Waals surface area (Å²) in [4.78, 5) is 0. The predicted molar refractivity (Wildman–Crippen MR) is 42.9 cm³/mol. The molecule has 0 fully saturated rings. The molecule has 0 aliphatic rings. The number of hydrogen-bond donors (Lipinski definition) is 1. The number of rotatable bonds is 1. The number of nitrogens with two attached hydrogens (primary N) is 1. The standard InChI is InChI=1S/C8H9ClN/c1-6-2-3-7(5-10)4-8(6)9/h3-4H,5,10H2,1H3. The van der Waals surface area contributed by atoms with E-state index in [1.807, 2.05) is 19.1 Å². The highest BCUT2D eigenvalue weighted by molar-refractivity contribution is 6.31. The van der Waals surface area contributed by atoms with Crippen LogP contribution < -0.4 is 5.73 Å². The molecule has 1 nitrogen and oxygen atoms in total. The second kappa shape index (κ2) is 3.04. The third-order valence-corrected chi connectivity index (χ3v) is 1.77. The predicted octanol–water partition coefficient (Wildman–Crippen LogP) is 1.91. The summed E-state index contributed by atoms with van der Waals surface area (Å²) in [7, 11) is 0. The molecule has 1 aromatic carbocycles. The van der Waals surface area contributed by atoms with E-state index in [9.17, 15) is 0 Å². The highest BCUT2D eigenvalue weighted by Crippen LogP contribution is 2.15. The molecular formula is C8H9ClN. The van der Waals surface area contributed by atoms with Gasteiger partial charge in [-0.2, -0.15) is 0 Å². The van der Waals surface area contributed by atoms with Crippen molar-refractivity contribution < 1.29 is 0 Å². The Kier molecular flexibility index (Phi) is 2.30. The van der Waals surface area contributed by atoms with Gasteiger partial charge in [-0.1, -0.05) is 11.6 Å². The van der Waals surface area contributed by atoms with E-state index in [0.29, 0.717) is 6.54 Å². The van der Waals surface area contributed by atoms with Crippen LogP contribution in [0.1, 0.15) is 11.1 Å². The van der Waals surface area contributed by atoms with Crippen LogP contribution in [0.25, 0.3) is 0 Å². The third kappa shape index (κ3) is 1.49. The van der Waals surface area contributed by atoms with Crippen molar-refractivity contribution in [2.75, 3.05) is 0 Å². The molecule has 2 heteroatoms. The molecule has 0 spiro atoms. The first kappa shape index (κ1) is 7.58. The monoisotopic (exact) mass is 154 g/mol. The molecule has 0 aliphatic carbocycles. The Labute approximate surface area is 65.8 Å². The first-order valence-electron chi connectivity index (χ1n) is 3.11. The van der Waals surface area contributed by atoms with Gasteiger partial charge in [0.15, 0.2) is 0 Å². The minimum Gasteiger partial charge on any atom is -0.326 e. The summed E-state index contributed by atoms with van der Waals surface area (Å²) in [6.45, 7) is 2.44. The van der Waals surface area contributed by atoms with Crippen molar-refractivity contribution in [1.82, 2.24) is 0 Å². The SMILES string of the molecule is Cc1[c]cc(CN)cc1Cl. The van der Waals surface area contributed by atoms with Gasteiger partial charge in [-0.15, -0.1) is 0 Å². The fourth-order valence-electron chi connectivity index (χ4n) is 0.700. The zero-order chi connectivity index (χ0) is 7.56. The Bertz CT molecular complexity index is 233. The molecule has 0 bridgehead atoms. The fraction of sp³-hybridized carbons (Fsp3) is 0.250. The van der Waals surface area contributed by atoms with Crippen molar-refractivity contribution in [1.29, 1.82) is 0 Å². The van der Waals surface area contributed by atoms with Crippen molar-refractivity contribution in [2.45, 2.75) is 13.5 Å². The van der Waals surface area contributed by atoms with Crippen LogP contribution in [-0.2, 0) is 6.54 Å². The second-order valence-electron chi connectivity index (χ2n) is 2.18. The Hall–Kier alpha value is -0.530. The van der Waals surface area contributed by atoms with E-state index in [1.165, 1.54) is 0 Å². The Morgan fingerprint density at radius 1 is 1.70 bits per heavy atom. The summed E-state index contributed by atoms with van der Waals surface area (Å²) in [5, 5.41) is 0.739. The summed E-state index contributed by atoms with van der Waals surface area (Å²) in [5.74, 6) is 0. The maximum absolute atomic E-state index is 5.81. The molecule has 10 heavy (non-hydrogen) atoms. The van der Waals surface area contributed by atoms with Crippen molar-refractivity contribution in [3.05, 3.63) is 34.3 Å². The van der Waals surface area contributed by atoms with Gasteiger partial charge < -0.3 is 5.73 Å². The van der Waals surface area contributed by atoms with Gasteiger partial charge in [0.2, 0.25) is 0 Å². The summed E-state index contributed by atoms with van der Waals surface area (Å²) in [6.07, 6.45) is 0. The van der Waals surface area contributed by atoms with Crippen molar-refractivity contribution >= 4 is 11.6 Å². The molecule has 0 aliphatic heterocycles. The number of hydrogen-bond acceptors (Lipinski definition) is 1. The normalized spacial score (nSPS) is 9.90. The van der Waals surface area contributed by atoms with E-state index in [-0.39, 0.29) is 0 Å². The van der Waals surface area contributed by atoms with Crippen LogP contribution in [0.15, 0.2) is 12.1 Å². The quantitative estimate of drug-likeness (QED) is 0.657. The number of halogens is 1. The Morgan fingerprint density at radius 3 is 2.90 bits per heavy atom. The van der Waals surface area contributed by atoms with E-state index in [4.69, 9.17) is 17.3 Å². The van der Waals surface area contributed by atoms with Gasteiger partial charge in [-0.05, 0) is 36.2 Å².